The van der Waals surface area contributed by atoms with Gasteiger partial charge in [0.2, 0.25) is 5.91 Å². The fourth-order valence-electron chi connectivity index (χ4n) is 3.63. The monoisotopic (exact) mass is 439 g/mol. The lowest BCUT2D eigenvalue weighted by atomic mass is 10.0. The topological polar surface area (TPSA) is 47.3 Å². The van der Waals surface area contributed by atoms with E-state index in [1.165, 1.54) is 18.2 Å². The molecule has 0 N–H and O–H groups in total. The van der Waals surface area contributed by atoms with E-state index < -0.39 is 35.7 Å². The summed E-state index contributed by atoms with van der Waals surface area (Å²) >= 11 is 6.12. The molecular weight excluding hydrogens is 422 g/mol. The largest absolute Gasteiger partial charge is 0.416 e. The second-order valence-electron chi connectivity index (χ2n) is 6.96. The van der Waals surface area contributed by atoms with Gasteiger partial charge in [0.1, 0.15) is 11.9 Å². The van der Waals surface area contributed by atoms with Gasteiger partial charge in [-0.3, -0.25) is 4.79 Å². The standard InChI is InChI=1S/C21H18ClF4N3O/c1-2-28-11-15(9-20(28)30)29(14-7-6-13(10-27)18(22)8-14)12-16-17(21(24,25)26)4-3-5-19(16)23/h3-8,15H,2,9,11-12H2,1H3/t15-/m0/s1. The van der Waals surface area contributed by atoms with E-state index in [1.54, 1.807) is 9.80 Å². The van der Waals surface area contributed by atoms with Gasteiger partial charge in [-0.05, 0) is 37.3 Å². The van der Waals surface area contributed by atoms with Gasteiger partial charge in [-0.1, -0.05) is 17.7 Å². The third kappa shape index (κ3) is 4.36. The maximum absolute atomic E-state index is 14.5. The van der Waals surface area contributed by atoms with E-state index in [2.05, 4.69) is 0 Å². The highest BCUT2D eigenvalue weighted by Gasteiger charge is 2.38. The molecule has 1 fully saturated rings. The summed E-state index contributed by atoms with van der Waals surface area (Å²) in [7, 11) is 0. The molecule has 0 saturated carbocycles. The maximum atomic E-state index is 14.5. The molecule has 158 valence electrons. The van der Waals surface area contributed by atoms with Crippen molar-refractivity contribution in [2.24, 2.45) is 0 Å². The van der Waals surface area contributed by atoms with Crippen LogP contribution in [0.4, 0.5) is 23.2 Å². The summed E-state index contributed by atoms with van der Waals surface area (Å²) in [6.45, 7) is 2.16. The van der Waals surface area contributed by atoms with E-state index in [0.717, 1.165) is 18.2 Å². The van der Waals surface area contributed by atoms with Crippen molar-refractivity contribution in [3.05, 3.63) is 63.9 Å². The predicted octanol–water partition coefficient (Wildman–Crippen LogP) is 5.00. The Morgan fingerprint density at radius 3 is 2.60 bits per heavy atom. The van der Waals surface area contributed by atoms with Crippen LogP contribution in [0.1, 0.15) is 30.0 Å². The highest BCUT2D eigenvalue weighted by Crippen LogP contribution is 2.36. The Morgan fingerprint density at radius 2 is 2.03 bits per heavy atom. The van der Waals surface area contributed by atoms with Crippen molar-refractivity contribution in [3.8, 4) is 6.07 Å². The van der Waals surface area contributed by atoms with E-state index in [0.29, 0.717) is 18.8 Å². The SMILES string of the molecule is CCN1C[C@@H](N(Cc2c(F)cccc2C(F)(F)F)c2ccc(C#N)c(Cl)c2)CC1=O. The number of carbonyl (C=O) groups is 1. The molecule has 4 nitrogen and oxygen atoms in total. The van der Waals surface area contributed by atoms with Gasteiger partial charge >= 0.3 is 6.18 Å². The van der Waals surface area contributed by atoms with E-state index >= 15 is 0 Å². The minimum absolute atomic E-state index is 0.0846. The Kier molecular flexibility index (Phi) is 6.22. The lowest BCUT2D eigenvalue weighted by molar-refractivity contribution is -0.138. The number of rotatable bonds is 5. The molecule has 0 spiro atoms. The molecule has 9 heteroatoms. The van der Waals surface area contributed by atoms with Gasteiger partial charge in [0.25, 0.3) is 0 Å². The molecule has 3 rings (SSSR count). The van der Waals surface area contributed by atoms with Crippen LogP contribution < -0.4 is 4.90 Å². The number of amides is 1. The molecule has 0 radical (unpaired) electrons. The van der Waals surface area contributed by atoms with Gasteiger partial charge in [-0.15, -0.1) is 0 Å². The normalized spacial score (nSPS) is 16.6. The summed E-state index contributed by atoms with van der Waals surface area (Å²) in [5, 5.41) is 9.21. The first-order valence-electron chi connectivity index (χ1n) is 9.24. The van der Waals surface area contributed by atoms with Crippen LogP contribution in [0.3, 0.4) is 0 Å². The van der Waals surface area contributed by atoms with Gasteiger partial charge in [-0.2, -0.15) is 18.4 Å². The molecule has 0 aliphatic carbocycles. The molecule has 30 heavy (non-hydrogen) atoms. The molecule has 0 bridgehead atoms. The molecule has 1 amide bonds. The Bertz CT molecular complexity index is 1000. The second-order valence-corrected chi connectivity index (χ2v) is 7.37. The molecule has 1 saturated heterocycles. The summed E-state index contributed by atoms with van der Waals surface area (Å²) < 4.78 is 55.0. The predicted molar refractivity (Wildman–Crippen MR) is 104 cm³/mol. The number of alkyl halides is 3. The number of hydrogen-bond donors (Lipinski definition) is 0. The van der Waals surface area contributed by atoms with Crippen LogP contribution in [-0.4, -0.2) is 29.9 Å². The summed E-state index contributed by atoms with van der Waals surface area (Å²) in [5.41, 5.74) is -0.956. The molecule has 1 aliphatic rings. The van der Waals surface area contributed by atoms with Gasteiger partial charge in [0, 0.05) is 37.3 Å². The highest BCUT2D eigenvalue weighted by atomic mass is 35.5. The van der Waals surface area contributed by atoms with E-state index in [9.17, 15) is 22.4 Å². The summed E-state index contributed by atoms with van der Waals surface area (Å²) in [6, 6.07) is 8.72. The zero-order chi connectivity index (χ0) is 22.1. The minimum atomic E-state index is -4.73. The average molecular weight is 440 g/mol. The molecule has 2 aromatic carbocycles. The number of carbonyl (C=O) groups excluding carboxylic acids is 1. The quantitative estimate of drug-likeness (QED) is 0.616. The first-order chi connectivity index (χ1) is 14.2. The van der Waals surface area contributed by atoms with Gasteiger partial charge in [0.05, 0.1) is 22.2 Å². The van der Waals surface area contributed by atoms with Crippen molar-refractivity contribution in [1.29, 1.82) is 5.26 Å². The van der Waals surface area contributed by atoms with E-state index in [-0.39, 0.29) is 22.9 Å². The first kappa shape index (κ1) is 21.9. The number of hydrogen-bond acceptors (Lipinski definition) is 3. The fourth-order valence-corrected chi connectivity index (χ4v) is 3.84. The third-order valence-corrected chi connectivity index (χ3v) is 5.49. The van der Waals surface area contributed by atoms with Crippen LogP contribution in [0.5, 0.6) is 0 Å². The van der Waals surface area contributed by atoms with Crippen LogP contribution in [0.25, 0.3) is 0 Å². The van der Waals surface area contributed by atoms with Crippen LogP contribution >= 0.6 is 11.6 Å². The van der Waals surface area contributed by atoms with Crippen molar-refractivity contribution in [2.75, 3.05) is 18.0 Å². The Balaban J connectivity index is 2.07. The van der Waals surface area contributed by atoms with Crippen LogP contribution in [0.2, 0.25) is 5.02 Å². The summed E-state index contributed by atoms with van der Waals surface area (Å²) in [5.74, 6) is -1.11. The van der Waals surface area contributed by atoms with Crippen molar-refractivity contribution in [2.45, 2.75) is 32.1 Å². The maximum Gasteiger partial charge on any atom is 0.416 e. The van der Waals surface area contributed by atoms with Crippen molar-refractivity contribution in [3.63, 3.8) is 0 Å². The highest BCUT2D eigenvalue weighted by molar-refractivity contribution is 6.32. The van der Waals surface area contributed by atoms with Crippen LogP contribution in [-0.2, 0) is 17.5 Å². The second kappa shape index (κ2) is 8.52. The zero-order valence-electron chi connectivity index (χ0n) is 16.0. The van der Waals surface area contributed by atoms with Crippen molar-refractivity contribution >= 4 is 23.2 Å². The molecule has 0 aromatic heterocycles. The molecule has 1 aliphatic heterocycles. The summed E-state index contributed by atoms with van der Waals surface area (Å²) in [4.78, 5) is 15.4. The molecule has 2 aromatic rings. The molecule has 1 heterocycles. The minimum Gasteiger partial charge on any atom is -0.362 e. The number of halogens is 5. The fraction of sp³-hybridized carbons (Fsp3) is 0.333. The number of anilines is 1. The number of likely N-dealkylation sites (N-methyl/N-ethyl adjacent to an activating group) is 1. The number of benzene rings is 2. The van der Waals surface area contributed by atoms with Crippen LogP contribution in [0.15, 0.2) is 36.4 Å². The molecule has 0 unspecified atom stereocenters. The van der Waals surface area contributed by atoms with Gasteiger partial charge in [-0.25, -0.2) is 4.39 Å². The third-order valence-electron chi connectivity index (χ3n) is 5.17. The van der Waals surface area contributed by atoms with E-state index in [4.69, 9.17) is 16.9 Å². The van der Waals surface area contributed by atoms with Crippen LogP contribution in [0, 0.1) is 17.1 Å². The smallest absolute Gasteiger partial charge is 0.362 e. The van der Waals surface area contributed by atoms with Gasteiger partial charge < -0.3 is 9.80 Å². The number of nitriles is 1. The molecular formula is C21H18ClF4N3O. The zero-order valence-corrected chi connectivity index (χ0v) is 16.8. The summed E-state index contributed by atoms with van der Waals surface area (Å²) in [6.07, 6.45) is -4.65. The van der Waals surface area contributed by atoms with Crippen molar-refractivity contribution in [1.82, 2.24) is 4.90 Å². The average Bonchev–Trinajstić information content (AvgIpc) is 3.06. The Labute approximate surface area is 176 Å². The Hall–Kier alpha value is -2.79. The number of nitrogens with zero attached hydrogens (tertiary/aromatic N) is 3. The van der Waals surface area contributed by atoms with Gasteiger partial charge in [0.15, 0.2) is 0 Å². The van der Waals surface area contributed by atoms with E-state index in [1.807, 2.05) is 13.0 Å². The number of likely N-dealkylation sites (tertiary alicyclic amines) is 1. The first-order valence-corrected chi connectivity index (χ1v) is 9.62. The van der Waals surface area contributed by atoms with Crippen molar-refractivity contribution < 1.29 is 22.4 Å². The molecule has 1 atom stereocenters. The lowest BCUT2D eigenvalue weighted by Gasteiger charge is -2.32. The lowest BCUT2D eigenvalue weighted by Crippen LogP contribution is -2.38. The Morgan fingerprint density at radius 1 is 1.30 bits per heavy atom.